The van der Waals surface area contributed by atoms with E-state index < -0.39 is 8.15 Å². The van der Waals surface area contributed by atoms with E-state index >= 15 is 0 Å². The molecule has 0 spiro atoms. The highest BCUT2D eigenvalue weighted by molar-refractivity contribution is 7.50. The Morgan fingerprint density at radius 3 is 2.77 bits per heavy atom. The number of nitrogen functional groups attached to an aromatic ring is 1. The third-order valence-electron chi connectivity index (χ3n) is 4.19. The maximum absolute atomic E-state index is 11.9. The Morgan fingerprint density at radius 1 is 1.53 bits per heavy atom. The monoisotopic (exact) mass is 432 g/mol. The number of allylic oxidation sites excluding steroid dienone is 2. The molecule has 9 heteroatoms. The summed E-state index contributed by atoms with van der Waals surface area (Å²) in [6.45, 7) is 13.1. The Kier molecular flexibility index (Phi) is 10.9. The SMILES string of the molecule is C#CC(=C)CP(C)O.C/C=C(\C)CN1CC(=O)Nc2c(N)nc(NCCCC)nc21. The average Bonchev–Trinajstić information content (AvgIpc) is 2.69. The fraction of sp³-hybridized carbons (Fsp3) is 0.476. The summed E-state index contributed by atoms with van der Waals surface area (Å²) in [5.41, 5.74) is 8.33. The number of carbonyl (C=O) groups is 1. The van der Waals surface area contributed by atoms with Gasteiger partial charge in [-0.05, 0) is 26.9 Å². The number of fused-ring (bicyclic) bond motifs is 1. The summed E-state index contributed by atoms with van der Waals surface area (Å²) in [5.74, 6) is 3.73. The van der Waals surface area contributed by atoms with E-state index in [9.17, 15) is 4.79 Å². The maximum atomic E-state index is 11.9. The van der Waals surface area contributed by atoms with Crippen molar-refractivity contribution in [3.63, 3.8) is 0 Å². The van der Waals surface area contributed by atoms with Crippen molar-refractivity contribution in [2.75, 3.05) is 53.7 Å². The van der Waals surface area contributed by atoms with Crippen molar-refractivity contribution in [1.82, 2.24) is 9.97 Å². The van der Waals surface area contributed by atoms with Crippen LogP contribution in [0, 0.1) is 12.3 Å². The second-order valence-electron chi connectivity index (χ2n) is 7.01. The van der Waals surface area contributed by atoms with Gasteiger partial charge in [0.15, 0.2) is 11.6 Å². The molecular formula is C21H33N6O2P. The van der Waals surface area contributed by atoms with Gasteiger partial charge in [0.25, 0.3) is 0 Å². The Morgan fingerprint density at radius 2 is 2.23 bits per heavy atom. The van der Waals surface area contributed by atoms with Gasteiger partial charge in [0, 0.05) is 33.0 Å². The number of anilines is 4. The summed E-state index contributed by atoms with van der Waals surface area (Å²) in [7, 11) is -0.888. The number of hydrogen-bond donors (Lipinski definition) is 4. The highest BCUT2D eigenvalue weighted by Gasteiger charge is 2.26. The smallest absolute Gasteiger partial charge is 0.244 e. The molecule has 1 atom stereocenters. The minimum atomic E-state index is -0.888. The predicted molar refractivity (Wildman–Crippen MR) is 128 cm³/mol. The molecule has 0 saturated carbocycles. The lowest BCUT2D eigenvalue weighted by Gasteiger charge is -2.30. The third-order valence-corrected chi connectivity index (χ3v) is 5.03. The van der Waals surface area contributed by atoms with Crippen molar-refractivity contribution >= 4 is 37.3 Å². The highest BCUT2D eigenvalue weighted by atomic mass is 31.1. The van der Waals surface area contributed by atoms with Crippen LogP contribution < -0.4 is 21.3 Å². The molecular weight excluding hydrogens is 399 g/mol. The quantitative estimate of drug-likeness (QED) is 0.216. The zero-order chi connectivity index (χ0) is 22.7. The number of nitrogens with one attached hydrogen (secondary N) is 2. The summed E-state index contributed by atoms with van der Waals surface area (Å²) < 4.78 is 0. The minimum Gasteiger partial charge on any atom is -0.382 e. The molecule has 1 aromatic rings. The van der Waals surface area contributed by atoms with Crippen LogP contribution in [0.4, 0.5) is 23.3 Å². The molecule has 2 heterocycles. The van der Waals surface area contributed by atoms with Crippen molar-refractivity contribution in [1.29, 1.82) is 0 Å². The molecule has 164 valence electrons. The van der Waals surface area contributed by atoms with Gasteiger partial charge in [-0.2, -0.15) is 9.97 Å². The van der Waals surface area contributed by atoms with Crippen LogP contribution in [0.2, 0.25) is 0 Å². The number of hydrogen-bond acceptors (Lipinski definition) is 7. The van der Waals surface area contributed by atoms with Crippen molar-refractivity contribution in [2.24, 2.45) is 0 Å². The average molecular weight is 433 g/mol. The number of nitrogens with two attached hydrogens (primary N) is 1. The fourth-order valence-corrected chi connectivity index (χ4v) is 3.19. The van der Waals surface area contributed by atoms with E-state index in [-0.39, 0.29) is 12.5 Å². The molecule has 5 N–H and O–H groups in total. The van der Waals surface area contributed by atoms with Crippen LogP contribution in [0.1, 0.15) is 33.6 Å². The molecule has 1 aliphatic rings. The van der Waals surface area contributed by atoms with Crippen LogP contribution in [-0.4, -0.2) is 53.2 Å². The van der Waals surface area contributed by atoms with E-state index in [0.717, 1.165) is 19.4 Å². The number of nitrogens with zero attached hydrogens (tertiary/aromatic N) is 3. The maximum Gasteiger partial charge on any atom is 0.244 e. The lowest BCUT2D eigenvalue weighted by molar-refractivity contribution is -0.115. The normalized spacial score (nSPS) is 13.9. The number of unbranched alkanes of at least 4 members (excludes halogenated alkanes) is 1. The highest BCUT2D eigenvalue weighted by Crippen LogP contribution is 2.33. The van der Waals surface area contributed by atoms with Crippen molar-refractivity contribution in [3.8, 4) is 12.3 Å². The molecule has 0 bridgehead atoms. The Bertz CT molecular complexity index is 816. The summed E-state index contributed by atoms with van der Waals surface area (Å²) >= 11 is 0. The van der Waals surface area contributed by atoms with Gasteiger partial charge in [-0.3, -0.25) is 4.79 Å². The second-order valence-corrected chi connectivity index (χ2v) is 8.65. The molecule has 1 unspecified atom stereocenters. The Labute approximate surface area is 180 Å². The van der Waals surface area contributed by atoms with Gasteiger partial charge in [-0.15, -0.1) is 6.42 Å². The summed E-state index contributed by atoms with van der Waals surface area (Å²) in [6, 6.07) is 0. The molecule has 1 aliphatic heterocycles. The van der Waals surface area contributed by atoms with Crippen molar-refractivity contribution in [3.05, 3.63) is 23.8 Å². The first-order valence-electron chi connectivity index (χ1n) is 9.84. The van der Waals surface area contributed by atoms with E-state index in [1.165, 1.54) is 5.57 Å². The molecule has 0 radical (unpaired) electrons. The third kappa shape index (κ3) is 8.40. The van der Waals surface area contributed by atoms with Gasteiger partial charge < -0.3 is 26.2 Å². The van der Waals surface area contributed by atoms with Gasteiger partial charge in [-0.1, -0.05) is 37.5 Å². The van der Waals surface area contributed by atoms with E-state index in [2.05, 4.69) is 40.0 Å². The van der Waals surface area contributed by atoms with E-state index in [0.29, 0.717) is 41.6 Å². The number of terminal acetylenes is 1. The zero-order valence-electron chi connectivity index (χ0n) is 18.3. The number of rotatable bonds is 8. The van der Waals surface area contributed by atoms with Crippen LogP contribution in [0.15, 0.2) is 23.8 Å². The molecule has 1 amide bonds. The molecule has 30 heavy (non-hydrogen) atoms. The molecule has 2 rings (SSSR count). The second kappa shape index (κ2) is 12.8. The molecule has 0 saturated heterocycles. The van der Waals surface area contributed by atoms with Gasteiger partial charge in [0.05, 0.1) is 6.54 Å². The van der Waals surface area contributed by atoms with Crippen molar-refractivity contribution in [2.45, 2.75) is 33.6 Å². The minimum absolute atomic E-state index is 0.0987. The number of amides is 1. The molecule has 1 aromatic heterocycles. The lowest BCUT2D eigenvalue weighted by atomic mass is 10.2. The topological polar surface area (TPSA) is 116 Å². The van der Waals surface area contributed by atoms with Crippen molar-refractivity contribution < 1.29 is 9.69 Å². The molecule has 0 aromatic carbocycles. The predicted octanol–water partition coefficient (Wildman–Crippen LogP) is 3.19. The molecule has 0 aliphatic carbocycles. The summed E-state index contributed by atoms with van der Waals surface area (Å²) in [5, 5.41) is 5.95. The van der Waals surface area contributed by atoms with Crippen LogP contribution in [0.3, 0.4) is 0 Å². The van der Waals surface area contributed by atoms with E-state index in [1.54, 1.807) is 6.66 Å². The van der Waals surface area contributed by atoms with Gasteiger partial charge in [0.2, 0.25) is 11.9 Å². The molecule has 0 fully saturated rings. The number of aromatic nitrogens is 2. The lowest BCUT2D eigenvalue weighted by Crippen LogP contribution is -2.40. The van der Waals surface area contributed by atoms with Gasteiger partial charge in [0.1, 0.15) is 5.69 Å². The Hall–Kier alpha value is -2.62. The zero-order valence-corrected chi connectivity index (χ0v) is 19.2. The van der Waals surface area contributed by atoms with Crippen LogP contribution in [-0.2, 0) is 4.79 Å². The van der Waals surface area contributed by atoms with E-state index in [1.807, 2.05) is 24.8 Å². The standard InChI is InChI=1S/C15H24N6O.C6H9OP/c1-4-6-7-17-15-19-13(16)12-14(20-15)21(8-10(3)5-2)9-11(22)18-12;1-4-6(2)5-8(3)7/h5H,4,6-9H2,1-3H3,(H,18,22)(H3,16,17,19,20);1,7H,2,5H2,3H3/b10-5+;. The van der Waals surface area contributed by atoms with Crippen LogP contribution in [0.5, 0.6) is 0 Å². The van der Waals surface area contributed by atoms with E-state index in [4.69, 9.17) is 17.1 Å². The summed E-state index contributed by atoms with van der Waals surface area (Å²) in [4.78, 5) is 31.3. The first-order valence-corrected chi connectivity index (χ1v) is 11.8. The first kappa shape index (κ1) is 25.4. The summed E-state index contributed by atoms with van der Waals surface area (Å²) in [6.07, 6.45) is 9.70. The van der Waals surface area contributed by atoms with Gasteiger partial charge in [-0.25, -0.2) is 0 Å². The van der Waals surface area contributed by atoms with Gasteiger partial charge >= 0.3 is 0 Å². The molecule has 8 nitrogen and oxygen atoms in total. The van der Waals surface area contributed by atoms with Crippen LogP contribution >= 0.6 is 8.15 Å². The van der Waals surface area contributed by atoms with Crippen LogP contribution in [0.25, 0.3) is 0 Å². The Balaban J connectivity index is 0.000000479. The first-order chi connectivity index (χ1) is 14.2. The number of carbonyl (C=O) groups excluding carboxylic acids is 1. The fourth-order valence-electron chi connectivity index (χ4n) is 2.54. The largest absolute Gasteiger partial charge is 0.382 e.